The molecule has 1 nitrogen and oxygen atoms in total. The van der Waals surface area contributed by atoms with Gasteiger partial charge in [-0.3, -0.25) is 0 Å². The lowest BCUT2D eigenvalue weighted by Crippen LogP contribution is -2.23. The van der Waals surface area contributed by atoms with Crippen molar-refractivity contribution in [3.8, 4) is 0 Å². The predicted molar refractivity (Wildman–Crippen MR) is 99.5 cm³/mol. The van der Waals surface area contributed by atoms with Gasteiger partial charge < -0.3 is 5.11 Å². The van der Waals surface area contributed by atoms with Gasteiger partial charge in [-0.25, -0.2) is 0 Å². The van der Waals surface area contributed by atoms with E-state index < -0.39 is 0 Å². The van der Waals surface area contributed by atoms with Gasteiger partial charge >= 0.3 is 0 Å². The minimum atomic E-state index is 0.303. The molecule has 0 fully saturated rings. The van der Waals surface area contributed by atoms with Gasteiger partial charge in [0.2, 0.25) is 0 Å². The molecule has 1 unspecified atom stereocenters. The van der Waals surface area contributed by atoms with Crippen LogP contribution in [0.25, 0.3) is 0 Å². The van der Waals surface area contributed by atoms with Crippen LogP contribution in [0.3, 0.4) is 0 Å². The first kappa shape index (κ1) is 19.4. The molecule has 124 valence electrons. The SMILES string of the molecule is CCC(C)P=C([O-])c1c(C(C)C)cc(C(C)C)cc1C(C)C. The highest BCUT2D eigenvalue weighted by atomic mass is 31.1. The van der Waals surface area contributed by atoms with Crippen molar-refractivity contribution in [1.29, 1.82) is 0 Å². The smallest absolute Gasteiger partial charge is 0.00317 e. The maximum Gasteiger partial charge on any atom is -0.00317 e. The van der Waals surface area contributed by atoms with E-state index in [0.717, 1.165) is 20.2 Å². The van der Waals surface area contributed by atoms with E-state index in [4.69, 9.17) is 0 Å². The minimum Gasteiger partial charge on any atom is -0.824 e. The molecule has 0 aliphatic carbocycles. The van der Waals surface area contributed by atoms with Crippen LogP contribution >= 0.6 is 8.20 Å². The predicted octanol–water partition coefficient (Wildman–Crippen LogP) is 5.64. The number of hydrogen-bond donors (Lipinski definition) is 0. The summed E-state index contributed by atoms with van der Waals surface area (Å²) >= 11 is 0. The lowest BCUT2D eigenvalue weighted by atomic mass is 9.85. The summed E-state index contributed by atoms with van der Waals surface area (Å²) in [6.07, 6.45) is 1.05. The van der Waals surface area contributed by atoms with Crippen LogP contribution in [0.15, 0.2) is 12.1 Å². The molecule has 0 aliphatic rings. The van der Waals surface area contributed by atoms with Gasteiger partial charge in [-0.1, -0.05) is 67.5 Å². The summed E-state index contributed by atoms with van der Waals surface area (Å²) in [6.45, 7) is 17.5. The lowest BCUT2D eigenvalue weighted by Gasteiger charge is -2.27. The van der Waals surface area contributed by atoms with Gasteiger partial charge in [0.25, 0.3) is 0 Å². The van der Waals surface area contributed by atoms with Crippen molar-refractivity contribution in [1.82, 2.24) is 0 Å². The molecular weight excluding hydrogens is 287 g/mol. The zero-order valence-corrected chi connectivity index (χ0v) is 16.4. The van der Waals surface area contributed by atoms with E-state index in [-0.39, 0.29) is 0 Å². The molecule has 2 heteroatoms. The minimum absolute atomic E-state index is 0.303. The Morgan fingerprint density at radius 3 is 1.68 bits per heavy atom. The van der Waals surface area contributed by atoms with E-state index in [1.807, 2.05) is 0 Å². The van der Waals surface area contributed by atoms with Crippen molar-refractivity contribution >= 4 is 13.7 Å². The van der Waals surface area contributed by atoms with Crippen LogP contribution < -0.4 is 5.11 Å². The van der Waals surface area contributed by atoms with Gasteiger partial charge in [0.1, 0.15) is 0 Å². The maximum absolute atomic E-state index is 12.9. The van der Waals surface area contributed by atoms with Crippen molar-refractivity contribution in [2.45, 2.75) is 85.2 Å². The van der Waals surface area contributed by atoms with E-state index in [9.17, 15) is 5.11 Å². The van der Waals surface area contributed by atoms with Crippen LogP contribution in [0.5, 0.6) is 0 Å². The third-order valence-electron chi connectivity index (χ3n) is 4.27. The first-order chi connectivity index (χ1) is 10.2. The first-order valence-electron chi connectivity index (χ1n) is 8.61. The number of benzene rings is 1. The normalized spacial score (nSPS) is 14.3. The number of hydrogen-bond acceptors (Lipinski definition) is 1. The Morgan fingerprint density at radius 1 is 0.909 bits per heavy atom. The van der Waals surface area contributed by atoms with Crippen molar-refractivity contribution in [3.63, 3.8) is 0 Å². The second-order valence-corrected chi connectivity index (χ2v) is 8.78. The Labute approximate surface area is 139 Å². The molecule has 0 spiro atoms. The van der Waals surface area contributed by atoms with Crippen LogP contribution in [0.1, 0.15) is 102 Å². The highest BCUT2D eigenvalue weighted by Gasteiger charge is 2.16. The highest BCUT2D eigenvalue weighted by Crippen LogP contribution is 2.33. The van der Waals surface area contributed by atoms with E-state index >= 15 is 0 Å². The van der Waals surface area contributed by atoms with Crippen molar-refractivity contribution in [2.24, 2.45) is 0 Å². The molecule has 0 saturated carbocycles. The molecule has 1 aromatic rings. The van der Waals surface area contributed by atoms with Gasteiger partial charge in [-0.15, -0.1) is 13.7 Å². The third-order valence-corrected chi connectivity index (χ3v) is 5.54. The summed E-state index contributed by atoms with van der Waals surface area (Å²) in [5.41, 5.74) is 5.54. The van der Waals surface area contributed by atoms with Crippen LogP contribution in [-0.4, -0.2) is 11.1 Å². The fourth-order valence-corrected chi connectivity index (χ4v) is 3.53. The molecule has 1 atom stereocenters. The molecule has 0 amide bonds. The fourth-order valence-electron chi connectivity index (χ4n) is 2.56. The molecule has 1 aromatic carbocycles. The average Bonchev–Trinajstić information content (AvgIpc) is 2.44. The quantitative estimate of drug-likeness (QED) is 0.622. The van der Waals surface area contributed by atoms with Crippen molar-refractivity contribution < 1.29 is 5.11 Å². The average molecular weight is 319 g/mol. The Morgan fingerprint density at radius 2 is 1.36 bits per heavy atom. The number of rotatable bonds is 6. The van der Waals surface area contributed by atoms with Crippen molar-refractivity contribution in [3.05, 3.63) is 34.4 Å². The third kappa shape index (κ3) is 4.67. The van der Waals surface area contributed by atoms with Crippen LogP contribution in [0, 0.1) is 0 Å². The van der Waals surface area contributed by atoms with Gasteiger partial charge in [-0.2, -0.15) is 0 Å². The van der Waals surface area contributed by atoms with E-state index in [1.165, 1.54) is 16.7 Å². The van der Waals surface area contributed by atoms with Gasteiger partial charge in [-0.05, 0) is 52.1 Å². The molecule has 0 bridgehead atoms. The monoisotopic (exact) mass is 319 g/mol. The molecule has 0 N–H and O–H groups in total. The second-order valence-electron chi connectivity index (χ2n) is 7.23. The molecule has 0 aliphatic heterocycles. The zero-order chi connectivity index (χ0) is 17.0. The first-order valence-corrected chi connectivity index (χ1v) is 9.58. The Balaban J connectivity index is 3.61. The molecule has 22 heavy (non-hydrogen) atoms. The van der Waals surface area contributed by atoms with E-state index in [1.54, 1.807) is 0 Å². The van der Waals surface area contributed by atoms with Crippen LogP contribution in [-0.2, 0) is 0 Å². The summed E-state index contributed by atoms with van der Waals surface area (Å²) in [7, 11) is 0.939. The highest BCUT2D eigenvalue weighted by molar-refractivity contribution is 7.41. The molecule has 1 rings (SSSR count). The van der Waals surface area contributed by atoms with Crippen LogP contribution in [0.2, 0.25) is 0 Å². The van der Waals surface area contributed by atoms with Crippen LogP contribution in [0.4, 0.5) is 0 Å². The van der Waals surface area contributed by atoms with Gasteiger partial charge in [0, 0.05) is 0 Å². The summed E-state index contributed by atoms with van der Waals surface area (Å²) in [5.74, 6) is 1.25. The summed E-state index contributed by atoms with van der Waals surface area (Å²) < 4.78 is 0. The van der Waals surface area contributed by atoms with Gasteiger partial charge in [0.05, 0.1) is 0 Å². The molecular formula is C20H32OP-. The summed E-state index contributed by atoms with van der Waals surface area (Å²) in [5, 5.41) is 12.9. The Kier molecular flexibility index (Phi) is 7.29. The lowest BCUT2D eigenvalue weighted by molar-refractivity contribution is -0.207. The van der Waals surface area contributed by atoms with Gasteiger partial charge in [0.15, 0.2) is 0 Å². The Bertz CT molecular complexity index is 498. The fraction of sp³-hybridized carbons (Fsp3) is 0.650. The van der Waals surface area contributed by atoms with Crippen molar-refractivity contribution in [2.75, 3.05) is 0 Å². The molecule has 0 aromatic heterocycles. The topological polar surface area (TPSA) is 23.1 Å². The van der Waals surface area contributed by atoms with E-state index in [2.05, 4.69) is 67.5 Å². The Hall–Kier alpha value is -0.650. The molecule has 0 saturated heterocycles. The molecule has 0 radical (unpaired) electrons. The second kappa shape index (κ2) is 8.27. The standard InChI is InChI=1S/C20H33OP/c1-9-15(8)22-20(21)19-17(13(4)5)10-16(12(2)3)11-18(19)14(6)7/h10-15,21H,9H2,1-8H3/p-1. The maximum atomic E-state index is 12.9. The van der Waals surface area contributed by atoms with E-state index in [0.29, 0.717) is 28.9 Å². The summed E-state index contributed by atoms with van der Waals surface area (Å²) in [6, 6.07) is 4.53. The zero-order valence-electron chi connectivity index (χ0n) is 15.5. The largest absolute Gasteiger partial charge is 0.824 e. The summed E-state index contributed by atoms with van der Waals surface area (Å²) in [4.78, 5) is 0. The molecule has 0 heterocycles.